The summed E-state index contributed by atoms with van der Waals surface area (Å²) < 4.78 is 0. The van der Waals surface area contributed by atoms with Crippen molar-refractivity contribution in [1.82, 2.24) is 0 Å². The molecule has 0 aliphatic heterocycles. The molecular formula is C18H30OS. The number of hydrogen-bond donors (Lipinski definition) is 0. The van der Waals surface area contributed by atoms with E-state index in [1.54, 1.807) is 11.3 Å². The van der Waals surface area contributed by atoms with Gasteiger partial charge in [-0.1, -0.05) is 77.2 Å². The van der Waals surface area contributed by atoms with Gasteiger partial charge in [0.2, 0.25) is 0 Å². The molecule has 0 fully saturated rings. The lowest BCUT2D eigenvalue weighted by atomic mass is 10.0. The minimum absolute atomic E-state index is 0.330. The molecule has 0 radical (unpaired) electrons. The van der Waals surface area contributed by atoms with Crippen molar-refractivity contribution in [2.24, 2.45) is 0 Å². The Kier molecular flexibility index (Phi) is 10.6. The van der Waals surface area contributed by atoms with Crippen LogP contribution in [0.1, 0.15) is 93.6 Å². The molecule has 1 aromatic rings. The Morgan fingerprint density at radius 3 is 1.95 bits per heavy atom. The van der Waals surface area contributed by atoms with Gasteiger partial charge in [-0.3, -0.25) is 4.79 Å². The van der Waals surface area contributed by atoms with Crippen molar-refractivity contribution in [3.63, 3.8) is 0 Å². The molecule has 0 unspecified atom stereocenters. The monoisotopic (exact) mass is 294 g/mol. The second-order valence-electron chi connectivity index (χ2n) is 5.69. The van der Waals surface area contributed by atoms with E-state index in [9.17, 15) is 4.79 Å². The minimum atomic E-state index is 0.330. The largest absolute Gasteiger partial charge is 0.293 e. The lowest BCUT2D eigenvalue weighted by Gasteiger charge is -2.02. The van der Waals surface area contributed by atoms with Gasteiger partial charge in [0.25, 0.3) is 0 Å². The van der Waals surface area contributed by atoms with Crippen LogP contribution >= 0.6 is 11.3 Å². The van der Waals surface area contributed by atoms with Crippen LogP contribution in [0.3, 0.4) is 0 Å². The SMILES string of the molecule is CCCCCCCCCCCCCC(=O)c1cccs1. The maximum absolute atomic E-state index is 11.8. The fourth-order valence-electron chi connectivity index (χ4n) is 2.51. The van der Waals surface area contributed by atoms with Gasteiger partial charge in [-0.2, -0.15) is 0 Å². The summed E-state index contributed by atoms with van der Waals surface area (Å²) >= 11 is 1.56. The quantitative estimate of drug-likeness (QED) is 0.295. The number of Topliss-reactive ketones (excluding diaryl/α,β-unsaturated/α-hetero) is 1. The first-order valence-electron chi connectivity index (χ1n) is 8.41. The second kappa shape index (κ2) is 12.1. The highest BCUT2D eigenvalue weighted by Crippen LogP contribution is 2.15. The summed E-state index contributed by atoms with van der Waals surface area (Å²) in [6.07, 6.45) is 15.4. The summed E-state index contributed by atoms with van der Waals surface area (Å²) in [5.74, 6) is 0.330. The number of carbonyl (C=O) groups excluding carboxylic acids is 1. The zero-order valence-corrected chi connectivity index (χ0v) is 13.9. The van der Waals surface area contributed by atoms with Crippen molar-refractivity contribution in [2.75, 3.05) is 0 Å². The first kappa shape index (κ1) is 17.4. The number of carbonyl (C=O) groups is 1. The predicted molar refractivity (Wildman–Crippen MR) is 89.7 cm³/mol. The van der Waals surface area contributed by atoms with Gasteiger partial charge in [-0.25, -0.2) is 0 Å². The smallest absolute Gasteiger partial charge is 0.172 e. The van der Waals surface area contributed by atoms with E-state index in [-0.39, 0.29) is 0 Å². The van der Waals surface area contributed by atoms with E-state index in [4.69, 9.17) is 0 Å². The number of hydrogen-bond acceptors (Lipinski definition) is 2. The summed E-state index contributed by atoms with van der Waals surface area (Å²) in [6, 6.07) is 3.89. The molecule has 0 spiro atoms. The van der Waals surface area contributed by atoms with Gasteiger partial charge in [0, 0.05) is 6.42 Å². The molecule has 0 amide bonds. The van der Waals surface area contributed by atoms with Crippen molar-refractivity contribution in [1.29, 1.82) is 0 Å². The van der Waals surface area contributed by atoms with Gasteiger partial charge < -0.3 is 0 Å². The second-order valence-corrected chi connectivity index (χ2v) is 6.63. The minimum Gasteiger partial charge on any atom is -0.293 e. The van der Waals surface area contributed by atoms with Crippen molar-refractivity contribution < 1.29 is 4.79 Å². The Bertz CT molecular complexity index is 329. The zero-order chi connectivity index (χ0) is 14.5. The van der Waals surface area contributed by atoms with Gasteiger partial charge >= 0.3 is 0 Å². The molecule has 0 aromatic carbocycles. The summed E-state index contributed by atoms with van der Waals surface area (Å²) in [7, 11) is 0. The average molecular weight is 295 g/mol. The first-order chi connectivity index (χ1) is 9.84. The maximum Gasteiger partial charge on any atom is 0.172 e. The van der Waals surface area contributed by atoms with E-state index < -0.39 is 0 Å². The van der Waals surface area contributed by atoms with Crippen LogP contribution in [-0.2, 0) is 0 Å². The third kappa shape index (κ3) is 8.52. The molecule has 20 heavy (non-hydrogen) atoms. The number of thiophene rings is 1. The van der Waals surface area contributed by atoms with Gasteiger partial charge in [-0.15, -0.1) is 11.3 Å². The Morgan fingerprint density at radius 1 is 0.900 bits per heavy atom. The van der Waals surface area contributed by atoms with Crippen molar-refractivity contribution in [2.45, 2.75) is 84.0 Å². The molecule has 0 atom stereocenters. The lowest BCUT2D eigenvalue weighted by molar-refractivity contribution is 0.0983. The van der Waals surface area contributed by atoms with Crippen LogP contribution in [0.4, 0.5) is 0 Å². The van der Waals surface area contributed by atoms with Crippen LogP contribution in [0, 0.1) is 0 Å². The highest BCUT2D eigenvalue weighted by molar-refractivity contribution is 7.12. The van der Waals surface area contributed by atoms with Crippen molar-refractivity contribution >= 4 is 17.1 Å². The van der Waals surface area contributed by atoms with Gasteiger partial charge in [0.1, 0.15) is 0 Å². The molecule has 0 saturated heterocycles. The van der Waals surface area contributed by atoms with E-state index in [1.807, 2.05) is 17.5 Å². The summed E-state index contributed by atoms with van der Waals surface area (Å²) in [5, 5.41) is 1.98. The van der Waals surface area contributed by atoms with Gasteiger partial charge in [-0.05, 0) is 17.9 Å². The molecule has 0 aliphatic rings. The zero-order valence-electron chi connectivity index (χ0n) is 13.0. The molecule has 1 heterocycles. The van der Waals surface area contributed by atoms with E-state index in [0.29, 0.717) is 5.78 Å². The standard InChI is InChI=1S/C18H30OS/c1-2-3-4-5-6-7-8-9-10-11-12-14-17(19)18-15-13-16-20-18/h13,15-16H,2-12,14H2,1H3. The molecule has 0 N–H and O–H groups in total. The first-order valence-corrected chi connectivity index (χ1v) is 9.29. The fraction of sp³-hybridized carbons (Fsp3) is 0.722. The van der Waals surface area contributed by atoms with E-state index in [1.165, 1.54) is 64.2 Å². The van der Waals surface area contributed by atoms with Crippen LogP contribution in [-0.4, -0.2) is 5.78 Å². The third-order valence-electron chi connectivity index (χ3n) is 3.80. The van der Waals surface area contributed by atoms with Crippen LogP contribution < -0.4 is 0 Å². The van der Waals surface area contributed by atoms with Crippen LogP contribution in [0.5, 0.6) is 0 Å². The highest BCUT2D eigenvalue weighted by Gasteiger charge is 2.05. The third-order valence-corrected chi connectivity index (χ3v) is 4.71. The summed E-state index contributed by atoms with van der Waals surface area (Å²) in [5.41, 5.74) is 0. The summed E-state index contributed by atoms with van der Waals surface area (Å²) in [4.78, 5) is 12.7. The molecule has 1 nitrogen and oxygen atoms in total. The van der Waals surface area contributed by atoms with Gasteiger partial charge in [0.05, 0.1) is 4.88 Å². The molecule has 0 saturated carbocycles. The Labute approximate surface area is 128 Å². The van der Waals surface area contributed by atoms with Crippen LogP contribution in [0.2, 0.25) is 0 Å². The van der Waals surface area contributed by atoms with Crippen LogP contribution in [0.15, 0.2) is 17.5 Å². The van der Waals surface area contributed by atoms with Gasteiger partial charge in [0.15, 0.2) is 5.78 Å². The molecule has 114 valence electrons. The Morgan fingerprint density at radius 2 is 1.45 bits per heavy atom. The summed E-state index contributed by atoms with van der Waals surface area (Å²) in [6.45, 7) is 2.27. The number of rotatable bonds is 13. The molecule has 0 aliphatic carbocycles. The lowest BCUT2D eigenvalue weighted by Crippen LogP contribution is -1.95. The van der Waals surface area contributed by atoms with Crippen molar-refractivity contribution in [3.05, 3.63) is 22.4 Å². The van der Waals surface area contributed by atoms with Crippen LogP contribution in [0.25, 0.3) is 0 Å². The highest BCUT2D eigenvalue weighted by atomic mass is 32.1. The normalized spacial score (nSPS) is 10.8. The molecular weight excluding hydrogens is 264 g/mol. The molecule has 1 aromatic heterocycles. The number of unbranched alkanes of at least 4 members (excludes halogenated alkanes) is 10. The molecule has 0 bridgehead atoms. The average Bonchev–Trinajstić information content (AvgIpc) is 2.99. The van der Waals surface area contributed by atoms with E-state index in [0.717, 1.165) is 17.7 Å². The number of ketones is 1. The van der Waals surface area contributed by atoms with E-state index in [2.05, 4.69) is 6.92 Å². The van der Waals surface area contributed by atoms with E-state index >= 15 is 0 Å². The maximum atomic E-state index is 11.8. The Balaban J connectivity index is 1.82. The predicted octanol–water partition coefficient (Wildman–Crippen LogP) is 6.63. The topological polar surface area (TPSA) is 17.1 Å². The molecule has 2 heteroatoms. The van der Waals surface area contributed by atoms with Crippen molar-refractivity contribution in [3.8, 4) is 0 Å². The Hall–Kier alpha value is -0.630. The molecule has 1 rings (SSSR count). The fourth-order valence-corrected chi connectivity index (χ4v) is 3.20.